The summed E-state index contributed by atoms with van der Waals surface area (Å²) in [6.45, 7) is 1.69. The van der Waals surface area contributed by atoms with Crippen molar-refractivity contribution in [3.05, 3.63) is 47.5 Å². The first-order valence-corrected chi connectivity index (χ1v) is 9.17. The molecule has 0 aromatic heterocycles. The average Bonchev–Trinajstić information content (AvgIpc) is 2.58. The average molecular weight is 377 g/mol. The predicted molar refractivity (Wildman–Crippen MR) is 101 cm³/mol. The molecule has 2 N–H and O–H groups in total. The van der Waals surface area contributed by atoms with E-state index >= 15 is 0 Å². The maximum absolute atomic E-state index is 12.1. The van der Waals surface area contributed by atoms with Crippen LogP contribution in [0.3, 0.4) is 0 Å². The first kappa shape index (κ1) is 17.6. The highest BCUT2D eigenvalue weighted by atomic mass is 35.5. The van der Waals surface area contributed by atoms with Crippen molar-refractivity contribution in [2.75, 3.05) is 16.4 Å². The second-order valence-corrected chi connectivity index (χ2v) is 7.17. The van der Waals surface area contributed by atoms with E-state index in [-0.39, 0.29) is 11.8 Å². The van der Waals surface area contributed by atoms with Gasteiger partial charge in [-0.15, -0.1) is 11.8 Å². The van der Waals surface area contributed by atoms with E-state index in [2.05, 4.69) is 10.6 Å². The van der Waals surface area contributed by atoms with Gasteiger partial charge >= 0.3 is 0 Å². The Hall–Kier alpha value is -2.18. The summed E-state index contributed by atoms with van der Waals surface area (Å²) in [4.78, 5) is 24.8. The van der Waals surface area contributed by atoms with Gasteiger partial charge in [0, 0.05) is 27.8 Å². The molecular weight excluding hydrogens is 360 g/mol. The third-order valence-electron chi connectivity index (χ3n) is 3.61. The Morgan fingerprint density at radius 2 is 2.04 bits per heavy atom. The van der Waals surface area contributed by atoms with Crippen LogP contribution in [0.5, 0.6) is 5.75 Å². The van der Waals surface area contributed by atoms with Crippen LogP contribution in [0.2, 0.25) is 5.02 Å². The largest absolute Gasteiger partial charge is 0.479 e. The summed E-state index contributed by atoms with van der Waals surface area (Å²) in [5, 5.41) is 6.29. The van der Waals surface area contributed by atoms with Crippen LogP contribution < -0.4 is 15.4 Å². The first-order chi connectivity index (χ1) is 12.0. The van der Waals surface area contributed by atoms with Crippen molar-refractivity contribution in [3.8, 4) is 5.75 Å². The smallest absolute Gasteiger partial charge is 0.265 e. The molecule has 1 aliphatic heterocycles. The number of carbonyl (C=O) groups is 2. The zero-order chi connectivity index (χ0) is 17.8. The van der Waals surface area contributed by atoms with Gasteiger partial charge in [-0.05, 0) is 49.4 Å². The van der Waals surface area contributed by atoms with Crippen LogP contribution >= 0.6 is 23.4 Å². The third-order valence-corrected chi connectivity index (χ3v) is 4.87. The monoisotopic (exact) mass is 376 g/mol. The maximum Gasteiger partial charge on any atom is 0.265 e. The van der Waals surface area contributed by atoms with E-state index in [0.29, 0.717) is 34.3 Å². The van der Waals surface area contributed by atoms with Gasteiger partial charge in [0.25, 0.3) is 5.91 Å². The Balaban J connectivity index is 1.52. The quantitative estimate of drug-likeness (QED) is 0.768. The van der Waals surface area contributed by atoms with Crippen molar-refractivity contribution in [3.63, 3.8) is 0 Å². The number of thioether (sulfide) groups is 1. The number of rotatable bonds is 5. The molecule has 0 fully saturated rings. The molecule has 0 bridgehead atoms. The van der Waals surface area contributed by atoms with E-state index < -0.39 is 6.10 Å². The standard InChI is InChI=1S/C18H17ClN2O3S/c1-11-18(23)21-15-10-13(4-7-16(15)24-11)20-17(22)8-9-25-14-5-2-12(19)3-6-14/h2-7,10-11H,8-9H2,1H3,(H,20,22)(H,21,23)/t11-/m0/s1. The molecule has 0 saturated carbocycles. The third kappa shape index (κ3) is 4.67. The van der Waals surface area contributed by atoms with Crippen LogP contribution in [-0.4, -0.2) is 23.7 Å². The van der Waals surface area contributed by atoms with Gasteiger partial charge in [0.2, 0.25) is 5.91 Å². The van der Waals surface area contributed by atoms with Gasteiger partial charge in [0.05, 0.1) is 5.69 Å². The van der Waals surface area contributed by atoms with Crippen LogP contribution in [0.15, 0.2) is 47.4 Å². The van der Waals surface area contributed by atoms with Crippen LogP contribution in [0, 0.1) is 0 Å². The molecular formula is C18H17ClN2O3S. The van der Waals surface area contributed by atoms with E-state index in [0.717, 1.165) is 4.90 Å². The normalized spacial score (nSPS) is 15.8. The Kier molecular flexibility index (Phi) is 5.50. The summed E-state index contributed by atoms with van der Waals surface area (Å²) in [5.41, 5.74) is 1.19. The number of nitrogens with one attached hydrogen (secondary N) is 2. The van der Waals surface area contributed by atoms with Gasteiger partial charge in [-0.2, -0.15) is 0 Å². The van der Waals surface area contributed by atoms with Gasteiger partial charge in [0.1, 0.15) is 5.75 Å². The number of benzene rings is 2. The highest BCUT2D eigenvalue weighted by molar-refractivity contribution is 7.99. The fourth-order valence-electron chi connectivity index (χ4n) is 2.30. The van der Waals surface area contributed by atoms with Crippen molar-refractivity contribution in [1.29, 1.82) is 0 Å². The van der Waals surface area contributed by atoms with Crippen LogP contribution in [0.25, 0.3) is 0 Å². The van der Waals surface area contributed by atoms with Crippen LogP contribution in [-0.2, 0) is 9.59 Å². The first-order valence-electron chi connectivity index (χ1n) is 7.81. The van der Waals surface area contributed by atoms with Crippen molar-refractivity contribution in [1.82, 2.24) is 0 Å². The Morgan fingerprint density at radius 3 is 2.80 bits per heavy atom. The number of ether oxygens (including phenoxy) is 1. The lowest BCUT2D eigenvalue weighted by atomic mass is 10.2. The number of amides is 2. The van der Waals surface area contributed by atoms with E-state index in [1.807, 2.05) is 24.3 Å². The SMILES string of the molecule is C[C@@H]1Oc2ccc(NC(=O)CCSc3ccc(Cl)cc3)cc2NC1=O. The number of fused-ring (bicyclic) bond motifs is 1. The Bertz CT molecular complexity index is 795. The van der Waals surface area contributed by atoms with Crippen molar-refractivity contribution in [2.24, 2.45) is 0 Å². The van der Waals surface area contributed by atoms with Gasteiger partial charge in [-0.1, -0.05) is 11.6 Å². The topological polar surface area (TPSA) is 67.4 Å². The maximum atomic E-state index is 12.1. The number of carbonyl (C=O) groups excluding carboxylic acids is 2. The van der Waals surface area contributed by atoms with Crippen molar-refractivity contribution < 1.29 is 14.3 Å². The minimum Gasteiger partial charge on any atom is -0.479 e. The summed E-state index contributed by atoms with van der Waals surface area (Å²) in [6, 6.07) is 12.7. The predicted octanol–water partition coefficient (Wildman–Crippen LogP) is 4.18. The zero-order valence-electron chi connectivity index (χ0n) is 13.5. The van der Waals surface area contributed by atoms with Crippen LogP contribution in [0.4, 0.5) is 11.4 Å². The molecule has 1 atom stereocenters. The summed E-state index contributed by atoms with van der Waals surface area (Å²) < 4.78 is 5.49. The molecule has 5 nitrogen and oxygen atoms in total. The highest BCUT2D eigenvalue weighted by Crippen LogP contribution is 2.32. The second kappa shape index (κ2) is 7.80. The molecule has 130 valence electrons. The number of hydrogen-bond donors (Lipinski definition) is 2. The fraction of sp³-hybridized carbons (Fsp3) is 0.222. The Morgan fingerprint density at radius 1 is 1.28 bits per heavy atom. The fourth-order valence-corrected chi connectivity index (χ4v) is 3.28. The molecule has 7 heteroatoms. The molecule has 1 heterocycles. The molecule has 1 aliphatic rings. The van der Waals surface area contributed by atoms with Gasteiger partial charge in [0.15, 0.2) is 6.10 Å². The summed E-state index contributed by atoms with van der Waals surface area (Å²) >= 11 is 7.44. The molecule has 0 unspecified atom stereocenters. The molecule has 0 radical (unpaired) electrons. The minimum absolute atomic E-state index is 0.0853. The summed E-state index contributed by atoms with van der Waals surface area (Å²) in [6.07, 6.45) is -0.137. The second-order valence-electron chi connectivity index (χ2n) is 5.56. The number of halogens is 1. The summed E-state index contributed by atoms with van der Waals surface area (Å²) in [7, 11) is 0. The molecule has 0 spiro atoms. The molecule has 25 heavy (non-hydrogen) atoms. The molecule has 0 saturated heterocycles. The number of anilines is 2. The lowest BCUT2D eigenvalue weighted by Gasteiger charge is -2.23. The minimum atomic E-state index is -0.516. The van der Waals surface area contributed by atoms with Crippen LogP contribution in [0.1, 0.15) is 13.3 Å². The van der Waals surface area contributed by atoms with Crippen molar-refractivity contribution in [2.45, 2.75) is 24.3 Å². The van der Waals surface area contributed by atoms with E-state index in [1.165, 1.54) is 0 Å². The Labute approximate surface area is 155 Å². The van der Waals surface area contributed by atoms with Gasteiger partial charge in [-0.25, -0.2) is 0 Å². The number of hydrogen-bond acceptors (Lipinski definition) is 4. The van der Waals surface area contributed by atoms with Gasteiger partial charge in [-0.3, -0.25) is 9.59 Å². The molecule has 3 rings (SSSR count). The zero-order valence-corrected chi connectivity index (χ0v) is 15.1. The van der Waals surface area contributed by atoms with Gasteiger partial charge < -0.3 is 15.4 Å². The molecule has 2 aromatic rings. The van der Waals surface area contributed by atoms with E-state index in [4.69, 9.17) is 16.3 Å². The molecule has 2 aromatic carbocycles. The molecule has 0 aliphatic carbocycles. The lowest BCUT2D eigenvalue weighted by molar-refractivity contribution is -0.122. The van der Waals surface area contributed by atoms with Crippen molar-refractivity contribution >= 4 is 46.6 Å². The summed E-state index contributed by atoms with van der Waals surface area (Å²) in [5.74, 6) is 0.979. The van der Waals surface area contributed by atoms with E-state index in [9.17, 15) is 9.59 Å². The van der Waals surface area contributed by atoms with E-state index in [1.54, 1.807) is 36.9 Å². The molecule has 2 amide bonds. The highest BCUT2D eigenvalue weighted by Gasteiger charge is 2.23. The lowest BCUT2D eigenvalue weighted by Crippen LogP contribution is -2.34.